The second-order valence-electron chi connectivity index (χ2n) is 11.2. The molecule has 4 aliphatic rings. The van der Waals surface area contributed by atoms with Crippen molar-refractivity contribution in [1.29, 1.82) is 5.26 Å². The van der Waals surface area contributed by atoms with Crippen molar-refractivity contribution in [2.24, 2.45) is 40.9 Å². The SMILES string of the molecule is C[C@]12CC[C@H]3[C@@H](CC[C@@H]4C[C@@](O)(CF)CC[C@@H]43)[C@@H]1CC[C@@H]2C(=O)Cn1cc(C#N)cn1. The van der Waals surface area contributed by atoms with Crippen LogP contribution in [0.3, 0.4) is 0 Å². The molecule has 0 radical (unpaired) electrons. The summed E-state index contributed by atoms with van der Waals surface area (Å²) < 4.78 is 15.0. The zero-order valence-corrected chi connectivity index (χ0v) is 18.5. The predicted octanol–water partition coefficient (Wildman–Crippen LogP) is 4.29. The van der Waals surface area contributed by atoms with Gasteiger partial charge in [0.25, 0.3) is 0 Å². The van der Waals surface area contributed by atoms with Gasteiger partial charge in [-0.3, -0.25) is 9.48 Å². The van der Waals surface area contributed by atoms with Crippen molar-refractivity contribution in [3.05, 3.63) is 18.0 Å². The number of Topliss-reactive ketones (excluding diaryl/α,β-unsaturated/α-hetero) is 1. The Hall–Kier alpha value is -1.74. The lowest BCUT2D eigenvalue weighted by Gasteiger charge is -2.56. The van der Waals surface area contributed by atoms with E-state index in [0.717, 1.165) is 38.5 Å². The number of carbonyl (C=O) groups is 1. The van der Waals surface area contributed by atoms with Crippen LogP contribution < -0.4 is 0 Å². The lowest BCUT2D eigenvalue weighted by molar-refractivity contribution is -0.134. The third kappa shape index (κ3) is 3.44. The van der Waals surface area contributed by atoms with Crippen molar-refractivity contribution in [3.8, 4) is 6.07 Å². The fourth-order valence-electron chi connectivity index (χ4n) is 8.39. The van der Waals surface area contributed by atoms with Crippen LogP contribution in [0.4, 0.5) is 4.39 Å². The highest BCUT2D eigenvalue weighted by molar-refractivity contribution is 5.82. The number of ketones is 1. The Morgan fingerprint density at radius 3 is 2.77 bits per heavy atom. The average Bonchev–Trinajstić information content (AvgIpc) is 3.36. The molecular formula is C25H34FN3O2. The zero-order chi connectivity index (χ0) is 21.8. The maximum Gasteiger partial charge on any atom is 0.157 e. The number of halogens is 1. The third-order valence-electron chi connectivity index (χ3n) is 9.82. The maximum absolute atomic E-state index is 13.4. The summed E-state index contributed by atoms with van der Waals surface area (Å²) in [5.74, 6) is 3.37. The van der Waals surface area contributed by atoms with Crippen molar-refractivity contribution >= 4 is 5.78 Å². The first-order valence-corrected chi connectivity index (χ1v) is 12.1. The Morgan fingerprint density at radius 1 is 1.23 bits per heavy atom. The quantitative estimate of drug-likeness (QED) is 0.777. The molecule has 0 unspecified atom stereocenters. The number of hydrogen-bond acceptors (Lipinski definition) is 4. The molecule has 5 rings (SSSR count). The second kappa shape index (κ2) is 7.69. The van der Waals surface area contributed by atoms with Crippen LogP contribution in [0.25, 0.3) is 0 Å². The van der Waals surface area contributed by atoms with E-state index in [9.17, 15) is 14.3 Å². The highest BCUT2D eigenvalue weighted by Gasteiger charge is 2.59. The summed E-state index contributed by atoms with van der Waals surface area (Å²) in [5, 5.41) is 23.7. The predicted molar refractivity (Wildman–Crippen MR) is 113 cm³/mol. The van der Waals surface area contributed by atoms with Gasteiger partial charge < -0.3 is 5.11 Å². The van der Waals surface area contributed by atoms with Gasteiger partial charge in [0, 0.05) is 12.1 Å². The van der Waals surface area contributed by atoms with Crippen molar-refractivity contribution < 1.29 is 14.3 Å². The van der Waals surface area contributed by atoms with Gasteiger partial charge in [-0.1, -0.05) is 6.92 Å². The van der Waals surface area contributed by atoms with Crippen LogP contribution in [0.2, 0.25) is 0 Å². The molecule has 31 heavy (non-hydrogen) atoms. The van der Waals surface area contributed by atoms with E-state index in [2.05, 4.69) is 18.1 Å². The normalized spacial score (nSPS) is 44.1. The van der Waals surface area contributed by atoms with Crippen LogP contribution in [-0.4, -0.2) is 32.9 Å². The number of rotatable bonds is 4. The lowest BCUT2D eigenvalue weighted by Crippen LogP contribution is -2.52. The van der Waals surface area contributed by atoms with Crippen LogP contribution in [0, 0.1) is 52.3 Å². The van der Waals surface area contributed by atoms with Crippen molar-refractivity contribution in [2.75, 3.05) is 6.67 Å². The van der Waals surface area contributed by atoms with E-state index in [1.807, 2.05) is 0 Å². The van der Waals surface area contributed by atoms with E-state index < -0.39 is 12.3 Å². The minimum absolute atomic E-state index is 0.0602. The molecule has 0 aromatic carbocycles. The summed E-state index contributed by atoms with van der Waals surface area (Å²) in [6.45, 7) is 2.00. The van der Waals surface area contributed by atoms with Gasteiger partial charge >= 0.3 is 0 Å². The molecule has 0 bridgehead atoms. The minimum atomic E-state index is -1.08. The molecular weight excluding hydrogens is 393 g/mol. The number of aromatic nitrogens is 2. The Bertz CT molecular complexity index is 894. The van der Waals surface area contributed by atoms with Crippen molar-refractivity contribution in [1.82, 2.24) is 9.78 Å². The number of carbonyl (C=O) groups excluding carboxylic acids is 1. The van der Waals surface area contributed by atoms with Crippen LogP contribution >= 0.6 is 0 Å². The number of nitrogens with zero attached hydrogens (tertiary/aromatic N) is 3. The van der Waals surface area contributed by atoms with Gasteiger partial charge in [0.05, 0.1) is 23.9 Å². The largest absolute Gasteiger partial charge is 0.387 e. The summed E-state index contributed by atoms with van der Waals surface area (Å²) in [6, 6.07) is 2.07. The molecule has 4 saturated carbocycles. The molecule has 4 fully saturated rings. The highest BCUT2D eigenvalue weighted by atomic mass is 19.1. The van der Waals surface area contributed by atoms with E-state index in [1.54, 1.807) is 10.9 Å². The summed E-state index contributed by atoms with van der Waals surface area (Å²) in [7, 11) is 0. The molecule has 4 aliphatic carbocycles. The van der Waals surface area contributed by atoms with Crippen LogP contribution in [0.1, 0.15) is 70.3 Å². The molecule has 0 amide bonds. The van der Waals surface area contributed by atoms with E-state index >= 15 is 0 Å². The number of hydrogen-bond donors (Lipinski definition) is 1. The number of nitriles is 1. The molecule has 8 atom stereocenters. The highest BCUT2D eigenvalue weighted by Crippen LogP contribution is 2.64. The van der Waals surface area contributed by atoms with Gasteiger partial charge in [-0.05, 0) is 92.8 Å². The van der Waals surface area contributed by atoms with Crippen LogP contribution in [0.5, 0.6) is 0 Å². The molecule has 0 aliphatic heterocycles. The summed E-state index contributed by atoms with van der Waals surface area (Å²) >= 11 is 0. The molecule has 1 heterocycles. The lowest BCUT2D eigenvalue weighted by atomic mass is 9.49. The molecule has 6 heteroatoms. The first-order chi connectivity index (χ1) is 14.9. The minimum Gasteiger partial charge on any atom is -0.387 e. The number of fused-ring (bicyclic) bond motifs is 5. The number of alkyl halides is 1. The van der Waals surface area contributed by atoms with E-state index in [-0.39, 0.29) is 23.7 Å². The van der Waals surface area contributed by atoms with Crippen molar-refractivity contribution in [3.63, 3.8) is 0 Å². The molecule has 168 valence electrons. The topological polar surface area (TPSA) is 78.9 Å². The van der Waals surface area contributed by atoms with Crippen LogP contribution in [0.15, 0.2) is 12.4 Å². The van der Waals surface area contributed by atoms with E-state index in [1.165, 1.54) is 12.6 Å². The third-order valence-corrected chi connectivity index (χ3v) is 9.82. The van der Waals surface area contributed by atoms with Gasteiger partial charge in [-0.25, -0.2) is 4.39 Å². The van der Waals surface area contributed by atoms with Gasteiger partial charge in [0.2, 0.25) is 0 Å². The standard InChI is InChI=1S/C25H34FN3O2/c1-24-8-6-19-18-7-9-25(31,15-26)10-17(18)2-3-20(19)21(24)4-5-22(24)23(30)14-29-13-16(11-27)12-28-29/h12-13,17-22,31H,2-10,14-15H2,1H3/t17-,18+,19-,20-,21+,22-,24+,25-/m1/s1. The summed E-state index contributed by atoms with van der Waals surface area (Å²) in [6.07, 6.45) is 12.0. The Morgan fingerprint density at radius 2 is 2.03 bits per heavy atom. The van der Waals surface area contributed by atoms with E-state index in [0.29, 0.717) is 48.0 Å². The fourth-order valence-corrected chi connectivity index (χ4v) is 8.39. The van der Waals surface area contributed by atoms with Gasteiger partial charge in [0.15, 0.2) is 5.78 Å². The fraction of sp³-hybridized carbons (Fsp3) is 0.800. The summed E-state index contributed by atoms with van der Waals surface area (Å²) in [5.41, 5.74) is -0.530. The van der Waals surface area contributed by atoms with Crippen molar-refractivity contribution in [2.45, 2.75) is 76.9 Å². The monoisotopic (exact) mass is 427 g/mol. The first kappa shape index (κ1) is 21.1. The maximum atomic E-state index is 13.4. The Balaban J connectivity index is 1.29. The smallest absolute Gasteiger partial charge is 0.157 e. The van der Waals surface area contributed by atoms with Gasteiger partial charge in [0.1, 0.15) is 12.7 Å². The average molecular weight is 428 g/mol. The van der Waals surface area contributed by atoms with E-state index in [4.69, 9.17) is 5.26 Å². The first-order valence-electron chi connectivity index (χ1n) is 12.1. The molecule has 5 nitrogen and oxygen atoms in total. The number of aliphatic hydroxyl groups is 1. The zero-order valence-electron chi connectivity index (χ0n) is 18.5. The molecule has 1 aromatic rings. The molecule has 0 saturated heterocycles. The molecule has 1 N–H and O–H groups in total. The Kier molecular flexibility index (Phi) is 5.24. The second-order valence-corrected chi connectivity index (χ2v) is 11.2. The van der Waals surface area contributed by atoms with Gasteiger partial charge in [-0.2, -0.15) is 10.4 Å². The molecule has 0 spiro atoms. The van der Waals surface area contributed by atoms with Gasteiger partial charge in [-0.15, -0.1) is 0 Å². The molecule has 1 aromatic heterocycles. The summed E-state index contributed by atoms with van der Waals surface area (Å²) in [4.78, 5) is 13.3. The Labute approximate surface area is 184 Å². The van der Waals surface area contributed by atoms with Crippen LogP contribution in [-0.2, 0) is 11.3 Å².